The summed E-state index contributed by atoms with van der Waals surface area (Å²) in [6.07, 6.45) is 4.22. The van der Waals surface area contributed by atoms with E-state index in [1.807, 2.05) is 6.07 Å². The normalized spacial score (nSPS) is 20.3. The van der Waals surface area contributed by atoms with Crippen molar-refractivity contribution in [3.63, 3.8) is 0 Å². The Morgan fingerprint density at radius 2 is 2.26 bits per heavy atom. The van der Waals surface area contributed by atoms with Gasteiger partial charge >= 0.3 is 0 Å². The van der Waals surface area contributed by atoms with Gasteiger partial charge in [0, 0.05) is 13.1 Å². The molecule has 106 valence electrons. The highest BCUT2D eigenvalue weighted by Crippen LogP contribution is 2.23. The molecule has 1 aliphatic heterocycles. The molecule has 1 fully saturated rings. The van der Waals surface area contributed by atoms with Crippen molar-refractivity contribution in [2.75, 3.05) is 28.5 Å². The molecule has 0 saturated carbocycles. The minimum atomic E-state index is -3.25. The van der Waals surface area contributed by atoms with Gasteiger partial charge in [0.05, 0.1) is 17.6 Å². The molecule has 1 N–H and O–H groups in total. The molecule has 2 rings (SSSR count). The Kier molecular flexibility index (Phi) is 4.29. The fourth-order valence-electron chi connectivity index (χ4n) is 2.29. The minimum absolute atomic E-state index is 0.0556. The first-order valence-corrected chi connectivity index (χ1v) is 8.37. The Morgan fingerprint density at radius 1 is 1.47 bits per heavy atom. The van der Waals surface area contributed by atoms with Gasteiger partial charge in [-0.05, 0) is 37.8 Å². The van der Waals surface area contributed by atoms with Crippen LogP contribution in [0.4, 0.5) is 11.5 Å². The van der Waals surface area contributed by atoms with E-state index < -0.39 is 10.0 Å². The van der Waals surface area contributed by atoms with Crippen molar-refractivity contribution < 1.29 is 8.42 Å². The topological polar surface area (TPSA) is 62.3 Å². The molecular formula is C13H21N3O2S. The Labute approximate surface area is 115 Å². The van der Waals surface area contributed by atoms with Crippen LogP contribution in [0, 0.1) is 5.92 Å². The summed E-state index contributed by atoms with van der Waals surface area (Å²) in [4.78, 5) is 6.48. The van der Waals surface area contributed by atoms with E-state index in [1.165, 1.54) is 12.8 Å². The fourth-order valence-corrected chi connectivity index (χ4v) is 2.87. The SMILES string of the molecule is CCS(=O)(=O)Nc1ccc(N2CCCC(C)C2)cn1. The summed E-state index contributed by atoms with van der Waals surface area (Å²) in [5, 5.41) is 0. The number of aromatic nitrogens is 1. The van der Waals surface area contributed by atoms with Gasteiger partial charge in [-0.1, -0.05) is 6.92 Å². The molecule has 1 aliphatic rings. The molecule has 1 atom stereocenters. The van der Waals surface area contributed by atoms with Crippen molar-refractivity contribution >= 4 is 21.5 Å². The summed E-state index contributed by atoms with van der Waals surface area (Å²) in [5.41, 5.74) is 1.06. The lowest BCUT2D eigenvalue weighted by atomic mass is 10.00. The molecule has 2 heterocycles. The second-order valence-corrected chi connectivity index (χ2v) is 7.11. The molecule has 0 radical (unpaired) electrons. The molecule has 0 aromatic carbocycles. The summed E-state index contributed by atoms with van der Waals surface area (Å²) in [7, 11) is -3.25. The number of rotatable bonds is 4. The highest BCUT2D eigenvalue weighted by Gasteiger charge is 2.17. The van der Waals surface area contributed by atoms with Gasteiger partial charge in [0.2, 0.25) is 10.0 Å². The Bertz CT molecular complexity index is 513. The molecule has 0 amide bonds. The molecule has 1 aromatic heterocycles. The van der Waals surface area contributed by atoms with Crippen LogP contribution in [0.5, 0.6) is 0 Å². The van der Waals surface area contributed by atoms with Gasteiger partial charge in [-0.3, -0.25) is 4.72 Å². The zero-order valence-corrected chi connectivity index (χ0v) is 12.3. The van der Waals surface area contributed by atoms with E-state index in [9.17, 15) is 8.42 Å². The van der Waals surface area contributed by atoms with Crippen LogP contribution >= 0.6 is 0 Å². The third-order valence-corrected chi connectivity index (χ3v) is 4.69. The average molecular weight is 283 g/mol. The Hall–Kier alpha value is -1.30. The molecule has 5 nitrogen and oxygen atoms in total. The van der Waals surface area contributed by atoms with E-state index in [-0.39, 0.29) is 5.75 Å². The average Bonchev–Trinajstić information content (AvgIpc) is 2.39. The van der Waals surface area contributed by atoms with E-state index in [1.54, 1.807) is 19.2 Å². The molecule has 19 heavy (non-hydrogen) atoms. The van der Waals surface area contributed by atoms with Crippen LogP contribution in [0.2, 0.25) is 0 Å². The highest BCUT2D eigenvalue weighted by atomic mass is 32.2. The molecule has 0 spiro atoms. The van der Waals surface area contributed by atoms with Crippen molar-refractivity contribution in [1.82, 2.24) is 4.98 Å². The monoisotopic (exact) mass is 283 g/mol. The summed E-state index contributed by atoms with van der Waals surface area (Å²) < 4.78 is 25.3. The lowest BCUT2D eigenvalue weighted by molar-refractivity contribution is 0.446. The molecular weight excluding hydrogens is 262 g/mol. The van der Waals surface area contributed by atoms with E-state index >= 15 is 0 Å². The molecule has 1 saturated heterocycles. The second-order valence-electron chi connectivity index (χ2n) is 5.10. The van der Waals surface area contributed by atoms with Crippen LogP contribution < -0.4 is 9.62 Å². The number of piperidine rings is 1. The summed E-state index contributed by atoms with van der Waals surface area (Å²) in [6, 6.07) is 3.65. The lowest BCUT2D eigenvalue weighted by Crippen LogP contribution is -2.34. The number of sulfonamides is 1. The maximum absolute atomic E-state index is 11.4. The maximum Gasteiger partial charge on any atom is 0.233 e. The summed E-state index contributed by atoms with van der Waals surface area (Å²) >= 11 is 0. The van der Waals surface area contributed by atoms with Gasteiger partial charge in [0.15, 0.2) is 0 Å². The standard InChI is InChI=1S/C13H21N3O2S/c1-3-19(17,18)15-13-7-6-12(9-14-13)16-8-4-5-11(2)10-16/h6-7,9,11H,3-5,8,10H2,1-2H3,(H,14,15). The maximum atomic E-state index is 11.4. The van der Waals surface area contributed by atoms with Crippen LogP contribution in [0.15, 0.2) is 18.3 Å². The third kappa shape index (κ3) is 3.83. The van der Waals surface area contributed by atoms with Gasteiger partial charge < -0.3 is 4.90 Å². The first kappa shape index (κ1) is 14.1. The van der Waals surface area contributed by atoms with E-state index in [0.29, 0.717) is 11.7 Å². The number of anilines is 2. The van der Waals surface area contributed by atoms with Gasteiger partial charge in [-0.15, -0.1) is 0 Å². The van der Waals surface area contributed by atoms with Crippen LogP contribution in [0.3, 0.4) is 0 Å². The molecule has 6 heteroatoms. The molecule has 1 aromatic rings. The number of hydrogen-bond acceptors (Lipinski definition) is 4. The second kappa shape index (κ2) is 5.77. The molecule has 0 bridgehead atoms. The van der Waals surface area contributed by atoms with Crippen molar-refractivity contribution in [3.05, 3.63) is 18.3 Å². The van der Waals surface area contributed by atoms with Gasteiger partial charge in [-0.25, -0.2) is 13.4 Å². The van der Waals surface area contributed by atoms with Gasteiger partial charge in [-0.2, -0.15) is 0 Å². The lowest BCUT2D eigenvalue weighted by Gasteiger charge is -2.32. The summed E-state index contributed by atoms with van der Waals surface area (Å²) in [5.74, 6) is 1.14. The minimum Gasteiger partial charge on any atom is -0.370 e. The zero-order chi connectivity index (χ0) is 13.9. The fraction of sp³-hybridized carbons (Fsp3) is 0.615. The van der Waals surface area contributed by atoms with Crippen molar-refractivity contribution in [2.45, 2.75) is 26.7 Å². The quantitative estimate of drug-likeness (QED) is 0.919. The molecule has 1 unspecified atom stereocenters. The third-order valence-electron chi connectivity index (χ3n) is 3.41. The van der Waals surface area contributed by atoms with E-state index in [0.717, 1.165) is 18.8 Å². The van der Waals surface area contributed by atoms with E-state index in [2.05, 4.69) is 21.5 Å². The van der Waals surface area contributed by atoms with Crippen molar-refractivity contribution in [1.29, 1.82) is 0 Å². The predicted octanol–water partition coefficient (Wildman–Crippen LogP) is 2.08. The first-order valence-electron chi connectivity index (χ1n) is 6.71. The van der Waals surface area contributed by atoms with Crippen LogP contribution in [-0.2, 0) is 10.0 Å². The predicted molar refractivity (Wildman–Crippen MR) is 77.9 cm³/mol. The number of nitrogens with one attached hydrogen (secondary N) is 1. The largest absolute Gasteiger partial charge is 0.370 e. The van der Waals surface area contributed by atoms with E-state index in [4.69, 9.17) is 0 Å². The molecule has 0 aliphatic carbocycles. The van der Waals surface area contributed by atoms with Gasteiger partial charge in [0.1, 0.15) is 5.82 Å². The number of hydrogen-bond donors (Lipinski definition) is 1. The van der Waals surface area contributed by atoms with Crippen LogP contribution in [0.1, 0.15) is 26.7 Å². The Balaban J connectivity index is 2.06. The van der Waals surface area contributed by atoms with Crippen LogP contribution in [-0.4, -0.2) is 32.2 Å². The number of pyridine rings is 1. The van der Waals surface area contributed by atoms with Crippen molar-refractivity contribution in [3.8, 4) is 0 Å². The van der Waals surface area contributed by atoms with Crippen LogP contribution in [0.25, 0.3) is 0 Å². The Morgan fingerprint density at radius 3 is 2.84 bits per heavy atom. The van der Waals surface area contributed by atoms with Gasteiger partial charge in [0.25, 0.3) is 0 Å². The summed E-state index contributed by atoms with van der Waals surface area (Å²) in [6.45, 7) is 5.95. The highest BCUT2D eigenvalue weighted by molar-refractivity contribution is 7.92. The smallest absolute Gasteiger partial charge is 0.233 e. The zero-order valence-electron chi connectivity index (χ0n) is 11.5. The van der Waals surface area contributed by atoms with Crippen molar-refractivity contribution in [2.24, 2.45) is 5.92 Å². The first-order chi connectivity index (χ1) is 9.00. The number of nitrogens with zero attached hydrogens (tertiary/aromatic N) is 2.